The molecule has 5 rings (SSSR count). The van der Waals surface area contributed by atoms with E-state index in [0.717, 1.165) is 68.9 Å². The summed E-state index contributed by atoms with van der Waals surface area (Å²) in [6.45, 7) is 9.12. The van der Waals surface area contributed by atoms with Gasteiger partial charge in [0.05, 0.1) is 6.54 Å². The summed E-state index contributed by atoms with van der Waals surface area (Å²) in [6.07, 6.45) is 2.49. The number of aromatic nitrogens is 4. The number of anilines is 2. The fraction of sp³-hybridized carbons (Fsp3) is 0.476. The highest BCUT2D eigenvalue weighted by Crippen LogP contribution is 2.22. The third-order valence-corrected chi connectivity index (χ3v) is 5.75. The van der Waals surface area contributed by atoms with Crippen molar-refractivity contribution in [3.8, 4) is 0 Å². The summed E-state index contributed by atoms with van der Waals surface area (Å²) < 4.78 is 1.94. The topological polar surface area (TPSA) is 52.8 Å². The average molecular weight is 377 g/mol. The third kappa shape index (κ3) is 3.42. The quantitative estimate of drug-likeness (QED) is 0.696. The van der Waals surface area contributed by atoms with Crippen molar-refractivity contribution in [1.82, 2.24) is 24.5 Å². The number of benzene rings is 1. The number of piperazine rings is 1. The predicted octanol–water partition coefficient (Wildman–Crippen LogP) is 2.36. The monoisotopic (exact) mass is 377 g/mol. The smallest absolute Gasteiger partial charge is 0.254 e. The Bertz CT molecular complexity index is 938. The summed E-state index contributed by atoms with van der Waals surface area (Å²) in [6, 6.07) is 12.8. The van der Waals surface area contributed by atoms with Crippen LogP contribution >= 0.6 is 0 Å². The lowest BCUT2D eigenvalue weighted by atomic mass is 10.2. The Labute approximate surface area is 165 Å². The lowest BCUT2D eigenvalue weighted by Crippen LogP contribution is -2.46. The molecular weight excluding hydrogens is 350 g/mol. The standard InChI is InChI=1S/C21H27N7/c1-17-15-20(27-9-5-6-10-27)28-21(22-17)23-19(24-28)16-25-11-13-26(14-12-25)18-7-3-2-4-8-18/h2-4,7-8,15H,5-6,9-14,16H2,1H3. The molecule has 2 aromatic heterocycles. The molecule has 146 valence electrons. The molecule has 0 atom stereocenters. The van der Waals surface area contributed by atoms with Gasteiger partial charge in [0.25, 0.3) is 5.78 Å². The molecule has 0 aliphatic carbocycles. The Morgan fingerprint density at radius 2 is 1.61 bits per heavy atom. The Morgan fingerprint density at radius 3 is 2.36 bits per heavy atom. The van der Waals surface area contributed by atoms with E-state index < -0.39 is 0 Å². The van der Waals surface area contributed by atoms with E-state index in [1.807, 2.05) is 11.4 Å². The van der Waals surface area contributed by atoms with E-state index in [9.17, 15) is 0 Å². The molecule has 0 amide bonds. The number of hydrogen-bond acceptors (Lipinski definition) is 6. The minimum absolute atomic E-state index is 0.722. The zero-order chi connectivity index (χ0) is 18.9. The second kappa shape index (κ2) is 7.39. The minimum Gasteiger partial charge on any atom is -0.369 e. The Morgan fingerprint density at radius 1 is 0.857 bits per heavy atom. The Kier molecular flexibility index (Phi) is 4.60. The molecule has 1 aromatic carbocycles. The van der Waals surface area contributed by atoms with Gasteiger partial charge < -0.3 is 9.80 Å². The third-order valence-electron chi connectivity index (χ3n) is 5.75. The molecule has 2 fully saturated rings. The summed E-state index contributed by atoms with van der Waals surface area (Å²) in [4.78, 5) is 16.6. The van der Waals surface area contributed by atoms with Crippen molar-refractivity contribution in [1.29, 1.82) is 0 Å². The molecule has 0 N–H and O–H groups in total. The lowest BCUT2D eigenvalue weighted by Gasteiger charge is -2.35. The van der Waals surface area contributed by atoms with Gasteiger partial charge in [0.1, 0.15) is 5.82 Å². The summed E-state index contributed by atoms with van der Waals surface area (Å²) in [5.74, 6) is 2.72. The summed E-state index contributed by atoms with van der Waals surface area (Å²) in [5.41, 5.74) is 2.31. The molecule has 0 saturated carbocycles. The van der Waals surface area contributed by atoms with Gasteiger partial charge >= 0.3 is 0 Å². The first-order valence-corrected chi connectivity index (χ1v) is 10.3. The van der Waals surface area contributed by atoms with Gasteiger partial charge in [-0.1, -0.05) is 18.2 Å². The highest BCUT2D eigenvalue weighted by molar-refractivity contribution is 5.48. The van der Waals surface area contributed by atoms with Crippen LogP contribution in [0.5, 0.6) is 0 Å². The second-order valence-electron chi connectivity index (χ2n) is 7.79. The zero-order valence-corrected chi connectivity index (χ0v) is 16.5. The van der Waals surface area contributed by atoms with Crippen molar-refractivity contribution in [3.63, 3.8) is 0 Å². The number of nitrogens with zero attached hydrogens (tertiary/aromatic N) is 7. The van der Waals surface area contributed by atoms with E-state index in [0.29, 0.717) is 0 Å². The van der Waals surface area contributed by atoms with E-state index in [2.05, 4.69) is 56.1 Å². The van der Waals surface area contributed by atoms with Gasteiger partial charge in [0.2, 0.25) is 0 Å². The average Bonchev–Trinajstić information content (AvgIpc) is 3.38. The molecule has 3 aromatic rings. The molecule has 28 heavy (non-hydrogen) atoms. The fourth-order valence-corrected chi connectivity index (χ4v) is 4.25. The predicted molar refractivity (Wildman–Crippen MR) is 111 cm³/mol. The van der Waals surface area contributed by atoms with Gasteiger partial charge in [-0.3, -0.25) is 4.90 Å². The first-order valence-electron chi connectivity index (χ1n) is 10.3. The molecule has 2 aliphatic heterocycles. The maximum atomic E-state index is 4.82. The number of rotatable bonds is 4. The molecular formula is C21H27N7. The number of fused-ring (bicyclic) bond motifs is 1. The molecule has 0 spiro atoms. The second-order valence-corrected chi connectivity index (χ2v) is 7.79. The van der Waals surface area contributed by atoms with Crippen molar-refractivity contribution >= 4 is 17.3 Å². The summed E-state index contributed by atoms with van der Waals surface area (Å²) in [5, 5.41) is 4.82. The SMILES string of the molecule is Cc1cc(N2CCCC2)n2nc(CN3CCN(c4ccccc4)CC3)nc2n1. The lowest BCUT2D eigenvalue weighted by molar-refractivity contribution is 0.244. The van der Waals surface area contributed by atoms with Crippen LogP contribution < -0.4 is 9.80 Å². The fourth-order valence-electron chi connectivity index (χ4n) is 4.25. The number of para-hydroxylation sites is 1. The first kappa shape index (κ1) is 17.4. The minimum atomic E-state index is 0.722. The van der Waals surface area contributed by atoms with Gasteiger partial charge in [-0.25, -0.2) is 4.98 Å². The summed E-state index contributed by atoms with van der Waals surface area (Å²) in [7, 11) is 0. The van der Waals surface area contributed by atoms with Crippen LogP contribution in [0, 0.1) is 6.92 Å². The summed E-state index contributed by atoms with van der Waals surface area (Å²) >= 11 is 0. The first-order chi connectivity index (χ1) is 13.8. The van der Waals surface area contributed by atoms with Crippen molar-refractivity contribution in [2.75, 3.05) is 49.1 Å². The van der Waals surface area contributed by atoms with Crippen LogP contribution in [-0.4, -0.2) is 63.8 Å². The molecule has 0 radical (unpaired) electrons. The van der Waals surface area contributed by atoms with Gasteiger partial charge in [0, 0.05) is 56.7 Å². The molecule has 2 aliphatic rings. The normalized spacial score (nSPS) is 18.3. The van der Waals surface area contributed by atoms with Crippen LogP contribution in [0.2, 0.25) is 0 Å². The van der Waals surface area contributed by atoms with Crippen LogP contribution in [0.15, 0.2) is 36.4 Å². The number of hydrogen-bond donors (Lipinski definition) is 0. The maximum absolute atomic E-state index is 4.82. The zero-order valence-electron chi connectivity index (χ0n) is 16.5. The van der Waals surface area contributed by atoms with Gasteiger partial charge in [-0.15, -0.1) is 5.10 Å². The van der Waals surface area contributed by atoms with Crippen LogP contribution in [0.4, 0.5) is 11.5 Å². The highest BCUT2D eigenvalue weighted by Gasteiger charge is 2.21. The van der Waals surface area contributed by atoms with E-state index in [4.69, 9.17) is 10.1 Å². The highest BCUT2D eigenvalue weighted by atomic mass is 15.4. The van der Waals surface area contributed by atoms with E-state index in [1.165, 1.54) is 18.5 Å². The largest absolute Gasteiger partial charge is 0.369 e. The Balaban J connectivity index is 1.30. The van der Waals surface area contributed by atoms with Gasteiger partial charge in [-0.2, -0.15) is 9.50 Å². The van der Waals surface area contributed by atoms with Crippen molar-refractivity contribution < 1.29 is 0 Å². The van der Waals surface area contributed by atoms with E-state index in [1.54, 1.807) is 0 Å². The van der Waals surface area contributed by atoms with E-state index in [-0.39, 0.29) is 0 Å². The van der Waals surface area contributed by atoms with Gasteiger partial charge in [0.15, 0.2) is 5.82 Å². The molecule has 0 bridgehead atoms. The van der Waals surface area contributed by atoms with Crippen LogP contribution in [-0.2, 0) is 6.54 Å². The molecule has 4 heterocycles. The van der Waals surface area contributed by atoms with Crippen LogP contribution in [0.25, 0.3) is 5.78 Å². The van der Waals surface area contributed by atoms with Crippen LogP contribution in [0.1, 0.15) is 24.4 Å². The van der Waals surface area contributed by atoms with Crippen LogP contribution in [0.3, 0.4) is 0 Å². The molecule has 2 saturated heterocycles. The van der Waals surface area contributed by atoms with E-state index >= 15 is 0 Å². The van der Waals surface area contributed by atoms with Crippen molar-refractivity contribution in [2.45, 2.75) is 26.3 Å². The molecule has 0 unspecified atom stereocenters. The van der Waals surface area contributed by atoms with Crippen molar-refractivity contribution in [2.24, 2.45) is 0 Å². The maximum Gasteiger partial charge on any atom is 0.254 e. The number of aryl methyl sites for hydroxylation is 1. The van der Waals surface area contributed by atoms with Crippen molar-refractivity contribution in [3.05, 3.63) is 47.9 Å². The molecule has 7 nitrogen and oxygen atoms in total. The molecule has 7 heteroatoms. The Hall–Kier alpha value is -2.67. The van der Waals surface area contributed by atoms with Gasteiger partial charge in [-0.05, 0) is 31.9 Å².